The van der Waals surface area contributed by atoms with Crippen LogP contribution in [0.5, 0.6) is 0 Å². The molecule has 0 saturated carbocycles. The second kappa shape index (κ2) is 5.11. The van der Waals surface area contributed by atoms with E-state index in [4.69, 9.17) is 4.98 Å². The maximum absolute atomic E-state index is 4.77. The molecule has 0 N–H and O–H groups in total. The molecule has 1 saturated heterocycles. The molecule has 4 heteroatoms. The number of thiazole rings is 1. The zero-order valence-electron chi connectivity index (χ0n) is 9.40. The Hall–Kier alpha value is 0.330. The maximum atomic E-state index is 4.77. The highest BCUT2D eigenvalue weighted by molar-refractivity contribution is 8.06. The van der Waals surface area contributed by atoms with Crippen LogP contribution in [0.15, 0.2) is 5.38 Å². The van der Waals surface area contributed by atoms with Crippen LogP contribution in [0.3, 0.4) is 0 Å². The van der Waals surface area contributed by atoms with Crippen LogP contribution in [0.25, 0.3) is 0 Å². The van der Waals surface area contributed by atoms with Gasteiger partial charge in [-0.1, -0.05) is 20.8 Å². The SMILES string of the molecule is CC(C)c1csc(C2SCCSC2C)n1. The third kappa shape index (κ3) is 2.71. The highest BCUT2D eigenvalue weighted by Crippen LogP contribution is 2.43. The maximum Gasteiger partial charge on any atom is 0.107 e. The van der Waals surface area contributed by atoms with Gasteiger partial charge in [0.1, 0.15) is 5.01 Å². The van der Waals surface area contributed by atoms with Gasteiger partial charge in [-0.05, 0) is 5.92 Å². The largest absolute Gasteiger partial charge is 0.245 e. The fourth-order valence-corrected chi connectivity index (χ4v) is 5.76. The summed E-state index contributed by atoms with van der Waals surface area (Å²) in [6, 6.07) is 0. The molecule has 2 heterocycles. The van der Waals surface area contributed by atoms with Crippen molar-refractivity contribution in [2.45, 2.75) is 37.2 Å². The third-order valence-electron chi connectivity index (χ3n) is 2.56. The second-order valence-corrected chi connectivity index (χ2v) is 7.76. The molecule has 15 heavy (non-hydrogen) atoms. The molecule has 2 atom stereocenters. The Morgan fingerprint density at radius 3 is 2.67 bits per heavy atom. The summed E-state index contributed by atoms with van der Waals surface area (Å²) in [5.74, 6) is 3.13. The summed E-state index contributed by atoms with van der Waals surface area (Å²) in [7, 11) is 0. The molecule has 2 unspecified atom stereocenters. The summed E-state index contributed by atoms with van der Waals surface area (Å²) < 4.78 is 0. The molecule has 0 amide bonds. The molecule has 0 radical (unpaired) electrons. The molecule has 0 spiro atoms. The van der Waals surface area contributed by atoms with Crippen LogP contribution in [0.1, 0.15) is 42.6 Å². The van der Waals surface area contributed by atoms with E-state index in [2.05, 4.69) is 49.7 Å². The van der Waals surface area contributed by atoms with Gasteiger partial charge in [-0.2, -0.15) is 11.8 Å². The van der Waals surface area contributed by atoms with Crippen molar-refractivity contribution in [2.75, 3.05) is 11.5 Å². The molecule has 1 aliphatic heterocycles. The smallest absolute Gasteiger partial charge is 0.107 e. The van der Waals surface area contributed by atoms with Crippen molar-refractivity contribution >= 4 is 34.9 Å². The van der Waals surface area contributed by atoms with Gasteiger partial charge in [0.2, 0.25) is 0 Å². The van der Waals surface area contributed by atoms with Crippen molar-refractivity contribution in [1.29, 1.82) is 0 Å². The standard InChI is InChI=1S/C11H17NS3/c1-7(2)9-6-15-11(12-9)10-8(3)13-4-5-14-10/h6-8,10H,4-5H2,1-3H3. The van der Waals surface area contributed by atoms with Crippen LogP contribution in [-0.4, -0.2) is 21.7 Å². The number of aromatic nitrogens is 1. The van der Waals surface area contributed by atoms with E-state index < -0.39 is 0 Å². The van der Waals surface area contributed by atoms with Crippen molar-refractivity contribution in [3.8, 4) is 0 Å². The van der Waals surface area contributed by atoms with E-state index in [0.29, 0.717) is 11.2 Å². The normalized spacial score (nSPS) is 27.2. The Bertz CT molecular complexity index is 321. The molecular weight excluding hydrogens is 242 g/mol. The van der Waals surface area contributed by atoms with Gasteiger partial charge < -0.3 is 0 Å². The lowest BCUT2D eigenvalue weighted by Crippen LogP contribution is -2.15. The van der Waals surface area contributed by atoms with Crippen molar-refractivity contribution in [3.05, 3.63) is 16.1 Å². The number of hydrogen-bond acceptors (Lipinski definition) is 4. The fraction of sp³-hybridized carbons (Fsp3) is 0.727. The Morgan fingerprint density at radius 1 is 1.33 bits per heavy atom. The van der Waals surface area contributed by atoms with E-state index in [0.717, 1.165) is 5.25 Å². The van der Waals surface area contributed by atoms with Crippen LogP contribution < -0.4 is 0 Å². The van der Waals surface area contributed by atoms with Gasteiger partial charge in [-0.25, -0.2) is 4.98 Å². The molecule has 1 fully saturated rings. The summed E-state index contributed by atoms with van der Waals surface area (Å²) in [4.78, 5) is 4.77. The van der Waals surface area contributed by atoms with E-state index in [1.54, 1.807) is 0 Å². The van der Waals surface area contributed by atoms with Crippen molar-refractivity contribution in [2.24, 2.45) is 0 Å². The van der Waals surface area contributed by atoms with Crippen LogP contribution in [-0.2, 0) is 0 Å². The molecule has 1 aromatic rings. The lowest BCUT2D eigenvalue weighted by atomic mass is 10.2. The van der Waals surface area contributed by atoms with Gasteiger partial charge in [0.15, 0.2) is 0 Å². The van der Waals surface area contributed by atoms with Gasteiger partial charge >= 0.3 is 0 Å². The van der Waals surface area contributed by atoms with E-state index in [1.165, 1.54) is 22.2 Å². The van der Waals surface area contributed by atoms with Gasteiger partial charge in [0.25, 0.3) is 0 Å². The minimum absolute atomic E-state index is 0.562. The Kier molecular flexibility index (Phi) is 4.02. The van der Waals surface area contributed by atoms with Crippen LogP contribution in [0.2, 0.25) is 0 Å². The summed E-state index contributed by atoms with van der Waals surface area (Å²) in [5, 5.41) is 4.91. The van der Waals surface area contributed by atoms with Gasteiger partial charge in [-0.15, -0.1) is 23.1 Å². The van der Waals surface area contributed by atoms with Gasteiger partial charge in [0, 0.05) is 22.1 Å². The quantitative estimate of drug-likeness (QED) is 0.791. The van der Waals surface area contributed by atoms with Crippen LogP contribution in [0, 0.1) is 0 Å². The third-order valence-corrected chi connectivity index (χ3v) is 6.76. The van der Waals surface area contributed by atoms with Crippen LogP contribution >= 0.6 is 34.9 Å². The van der Waals surface area contributed by atoms with Crippen LogP contribution in [0.4, 0.5) is 0 Å². The molecule has 0 bridgehead atoms. The first-order valence-corrected chi connectivity index (χ1v) is 8.34. The summed E-state index contributed by atoms with van der Waals surface area (Å²) >= 11 is 6.00. The predicted octanol–water partition coefficient (Wildman–Crippen LogP) is 4.18. The summed E-state index contributed by atoms with van der Waals surface area (Å²) in [6.45, 7) is 6.76. The first-order chi connectivity index (χ1) is 7.18. The Morgan fingerprint density at radius 2 is 2.07 bits per heavy atom. The highest BCUT2D eigenvalue weighted by atomic mass is 32.2. The average Bonchev–Trinajstić information content (AvgIpc) is 2.67. The van der Waals surface area contributed by atoms with Gasteiger partial charge in [-0.3, -0.25) is 0 Å². The Balaban J connectivity index is 2.13. The molecular formula is C11H17NS3. The molecule has 1 aliphatic rings. The molecule has 0 aliphatic carbocycles. The first kappa shape index (κ1) is 11.8. The predicted molar refractivity (Wildman–Crippen MR) is 73.3 cm³/mol. The molecule has 2 rings (SSSR count). The Labute approximate surface area is 104 Å². The van der Waals surface area contributed by atoms with Crippen molar-refractivity contribution < 1.29 is 0 Å². The minimum Gasteiger partial charge on any atom is -0.245 e. The summed E-state index contributed by atoms with van der Waals surface area (Å²) in [6.07, 6.45) is 0. The van der Waals surface area contributed by atoms with E-state index >= 15 is 0 Å². The average molecular weight is 259 g/mol. The second-order valence-electron chi connectivity index (χ2n) is 4.13. The number of thioether (sulfide) groups is 2. The summed E-state index contributed by atoms with van der Waals surface area (Å²) in [5.41, 5.74) is 1.26. The lowest BCUT2D eigenvalue weighted by Gasteiger charge is -2.25. The van der Waals surface area contributed by atoms with Gasteiger partial charge in [0.05, 0.1) is 10.9 Å². The minimum atomic E-state index is 0.562. The fourth-order valence-electron chi connectivity index (χ4n) is 1.60. The van der Waals surface area contributed by atoms with Crippen molar-refractivity contribution in [3.63, 3.8) is 0 Å². The topological polar surface area (TPSA) is 12.9 Å². The molecule has 84 valence electrons. The van der Waals surface area contributed by atoms with Crippen molar-refractivity contribution in [1.82, 2.24) is 4.98 Å². The molecule has 0 aromatic carbocycles. The first-order valence-electron chi connectivity index (χ1n) is 5.37. The highest BCUT2D eigenvalue weighted by Gasteiger charge is 2.26. The number of nitrogens with zero attached hydrogens (tertiary/aromatic N) is 1. The monoisotopic (exact) mass is 259 g/mol. The molecule has 1 nitrogen and oxygen atoms in total. The van der Waals surface area contributed by atoms with E-state index in [-0.39, 0.29) is 0 Å². The van der Waals surface area contributed by atoms with E-state index in [9.17, 15) is 0 Å². The van der Waals surface area contributed by atoms with E-state index in [1.807, 2.05) is 11.3 Å². The zero-order valence-corrected chi connectivity index (χ0v) is 11.8. The lowest BCUT2D eigenvalue weighted by molar-refractivity contribution is 0.810. The molecule has 1 aromatic heterocycles. The zero-order chi connectivity index (χ0) is 10.8. The number of hydrogen-bond donors (Lipinski definition) is 0. The number of rotatable bonds is 2.